The molecule has 0 aromatic rings. The lowest BCUT2D eigenvalue weighted by Gasteiger charge is -2.30. The van der Waals surface area contributed by atoms with E-state index in [0.717, 1.165) is 38.5 Å². The fourth-order valence-corrected chi connectivity index (χ4v) is 5.37. The van der Waals surface area contributed by atoms with Gasteiger partial charge in [0.05, 0.1) is 12.0 Å². The van der Waals surface area contributed by atoms with Crippen molar-refractivity contribution in [3.8, 4) is 0 Å². The van der Waals surface area contributed by atoms with E-state index in [9.17, 15) is 8.42 Å². The Labute approximate surface area is 117 Å². The molecule has 1 aliphatic carbocycles. The van der Waals surface area contributed by atoms with Crippen LogP contribution in [-0.2, 0) is 14.6 Å². The van der Waals surface area contributed by atoms with Gasteiger partial charge in [-0.3, -0.25) is 0 Å². The van der Waals surface area contributed by atoms with Crippen molar-refractivity contribution in [2.75, 3.05) is 12.4 Å². The Hall–Kier alpha value is -0.510. The second-order valence-corrected chi connectivity index (χ2v) is 8.46. The van der Waals surface area contributed by atoms with Gasteiger partial charge in [0.25, 0.3) is 0 Å². The van der Waals surface area contributed by atoms with E-state index >= 15 is 0 Å². The molecule has 1 heterocycles. The van der Waals surface area contributed by atoms with Gasteiger partial charge in [0, 0.05) is 0 Å². The molecule has 3 nitrogen and oxygen atoms in total. The summed E-state index contributed by atoms with van der Waals surface area (Å²) >= 11 is 0. The van der Waals surface area contributed by atoms with Gasteiger partial charge in [-0.25, -0.2) is 8.42 Å². The monoisotopic (exact) mass is 286 g/mol. The van der Waals surface area contributed by atoms with Crippen molar-refractivity contribution in [1.82, 2.24) is 0 Å². The van der Waals surface area contributed by atoms with E-state index in [2.05, 4.69) is 0 Å². The van der Waals surface area contributed by atoms with Gasteiger partial charge in [0.1, 0.15) is 11.4 Å². The van der Waals surface area contributed by atoms with E-state index in [1.165, 1.54) is 18.4 Å². The first-order chi connectivity index (χ1) is 9.10. The maximum atomic E-state index is 12.5. The van der Waals surface area contributed by atoms with Crippen LogP contribution < -0.4 is 0 Å². The maximum absolute atomic E-state index is 12.5. The summed E-state index contributed by atoms with van der Waals surface area (Å²) in [6.45, 7) is 2.32. The van der Waals surface area contributed by atoms with Gasteiger partial charge in [-0.15, -0.1) is 0 Å². The van der Waals surface area contributed by atoms with E-state index in [1.807, 2.05) is 13.2 Å². The van der Waals surface area contributed by atoms with Crippen LogP contribution in [0, 0.1) is 0 Å². The van der Waals surface area contributed by atoms with Crippen molar-refractivity contribution in [2.24, 2.45) is 0 Å². The lowest BCUT2D eigenvalue weighted by molar-refractivity contribution is 0.194. The highest BCUT2D eigenvalue weighted by Crippen LogP contribution is 2.34. The molecule has 19 heavy (non-hydrogen) atoms. The zero-order valence-electron chi connectivity index (χ0n) is 12.0. The molecule has 1 unspecified atom stereocenters. The quantitative estimate of drug-likeness (QED) is 0.742. The lowest BCUT2D eigenvalue weighted by Crippen LogP contribution is -2.42. The molecule has 0 bridgehead atoms. The molecule has 1 atom stereocenters. The standard InChI is InChI=1S/C15H26O3S/c1-2-15(10-6-3-7-11-19(15,16)17)13-18-12-14-8-4-5-9-14/h12H,2-11,13H2,1H3. The van der Waals surface area contributed by atoms with E-state index in [1.54, 1.807) is 0 Å². The highest BCUT2D eigenvalue weighted by Gasteiger charge is 2.43. The first-order valence-electron chi connectivity index (χ1n) is 7.61. The fraction of sp³-hybridized carbons (Fsp3) is 0.867. The minimum absolute atomic E-state index is 0.334. The van der Waals surface area contributed by atoms with Crippen LogP contribution >= 0.6 is 0 Å². The number of ether oxygens (including phenoxy) is 1. The largest absolute Gasteiger partial charge is 0.500 e. The Bertz CT molecular complexity index is 417. The molecule has 2 fully saturated rings. The molecule has 2 aliphatic rings. The van der Waals surface area contributed by atoms with Crippen molar-refractivity contribution in [3.63, 3.8) is 0 Å². The number of allylic oxidation sites excluding steroid dienone is 1. The second-order valence-electron chi connectivity index (χ2n) is 5.96. The topological polar surface area (TPSA) is 43.4 Å². The van der Waals surface area contributed by atoms with Crippen LogP contribution in [0.15, 0.2) is 11.8 Å². The summed E-state index contributed by atoms with van der Waals surface area (Å²) in [5.74, 6) is 0.334. The van der Waals surface area contributed by atoms with Crippen molar-refractivity contribution in [2.45, 2.75) is 69.5 Å². The van der Waals surface area contributed by atoms with Crippen molar-refractivity contribution in [3.05, 3.63) is 11.8 Å². The third kappa shape index (κ3) is 3.33. The van der Waals surface area contributed by atoms with Gasteiger partial charge in [0.15, 0.2) is 9.84 Å². The van der Waals surface area contributed by atoms with Gasteiger partial charge in [-0.05, 0) is 50.5 Å². The molecule has 1 saturated heterocycles. The average Bonchev–Trinajstić information content (AvgIpc) is 2.84. The van der Waals surface area contributed by atoms with Crippen LogP contribution in [0.5, 0.6) is 0 Å². The molecule has 4 heteroatoms. The summed E-state index contributed by atoms with van der Waals surface area (Å²) < 4.78 is 30.0. The molecule has 0 spiro atoms. The predicted octanol–water partition coefficient (Wildman–Crippen LogP) is 3.60. The zero-order valence-corrected chi connectivity index (χ0v) is 12.8. The molecule has 0 radical (unpaired) electrons. The molecule has 0 aromatic carbocycles. The fourth-order valence-electron chi connectivity index (χ4n) is 3.21. The van der Waals surface area contributed by atoms with Crippen LogP contribution in [0.25, 0.3) is 0 Å². The van der Waals surface area contributed by atoms with Gasteiger partial charge >= 0.3 is 0 Å². The molecular weight excluding hydrogens is 260 g/mol. The molecule has 0 amide bonds. The summed E-state index contributed by atoms with van der Waals surface area (Å²) in [5.41, 5.74) is 1.34. The van der Waals surface area contributed by atoms with E-state index in [-0.39, 0.29) is 0 Å². The van der Waals surface area contributed by atoms with Crippen LogP contribution in [0.3, 0.4) is 0 Å². The van der Waals surface area contributed by atoms with Crippen LogP contribution in [0.4, 0.5) is 0 Å². The Morgan fingerprint density at radius 3 is 2.58 bits per heavy atom. The average molecular weight is 286 g/mol. The van der Waals surface area contributed by atoms with Crippen molar-refractivity contribution in [1.29, 1.82) is 0 Å². The third-order valence-corrected chi connectivity index (χ3v) is 7.45. The minimum atomic E-state index is -3.02. The number of rotatable bonds is 4. The van der Waals surface area contributed by atoms with Crippen LogP contribution in [0.1, 0.15) is 64.7 Å². The summed E-state index contributed by atoms with van der Waals surface area (Å²) in [5, 5.41) is 0. The molecule has 1 saturated carbocycles. The normalized spacial score (nSPS) is 30.9. The molecule has 0 N–H and O–H groups in total. The SMILES string of the molecule is CCC1(COC=C2CCCC2)CCCCCS1(=O)=O. The first-order valence-corrected chi connectivity index (χ1v) is 9.27. The maximum Gasteiger partial charge on any atom is 0.159 e. The number of hydrogen-bond donors (Lipinski definition) is 0. The highest BCUT2D eigenvalue weighted by molar-refractivity contribution is 7.92. The van der Waals surface area contributed by atoms with Crippen LogP contribution in [-0.4, -0.2) is 25.5 Å². The second kappa shape index (κ2) is 6.29. The lowest BCUT2D eigenvalue weighted by atomic mass is 9.99. The van der Waals surface area contributed by atoms with E-state index in [0.29, 0.717) is 18.8 Å². The van der Waals surface area contributed by atoms with Gasteiger partial charge in [-0.2, -0.15) is 0 Å². The van der Waals surface area contributed by atoms with Crippen molar-refractivity contribution >= 4 is 9.84 Å². The van der Waals surface area contributed by atoms with Crippen molar-refractivity contribution < 1.29 is 13.2 Å². The molecule has 1 aliphatic heterocycles. The Balaban J connectivity index is 2.05. The smallest absolute Gasteiger partial charge is 0.159 e. The Kier molecular flexibility index (Phi) is 4.93. The van der Waals surface area contributed by atoms with E-state index in [4.69, 9.17) is 4.74 Å². The minimum Gasteiger partial charge on any atom is -0.500 e. The molecule has 2 rings (SSSR count). The van der Waals surface area contributed by atoms with Gasteiger partial charge in [-0.1, -0.05) is 19.8 Å². The summed E-state index contributed by atoms with van der Waals surface area (Å²) in [4.78, 5) is 0. The summed E-state index contributed by atoms with van der Waals surface area (Å²) in [6.07, 6.45) is 10.8. The number of sulfone groups is 1. The van der Waals surface area contributed by atoms with Gasteiger partial charge in [0.2, 0.25) is 0 Å². The Morgan fingerprint density at radius 2 is 1.89 bits per heavy atom. The molecule has 0 aromatic heterocycles. The summed E-state index contributed by atoms with van der Waals surface area (Å²) in [7, 11) is -3.02. The van der Waals surface area contributed by atoms with E-state index < -0.39 is 14.6 Å². The summed E-state index contributed by atoms with van der Waals surface area (Å²) in [6, 6.07) is 0. The number of hydrogen-bond acceptors (Lipinski definition) is 3. The molecule has 110 valence electrons. The highest BCUT2D eigenvalue weighted by atomic mass is 32.2. The Morgan fingerprint density at radius 1 is 1.16 bits per heavy atom. The van der Waals surface area contributed by atoms with Gasteiger partial charge < -0.3 is 4.74 Å². The zero-order chi connectivity index (χ0) is 13.8. The molecular formula is C15H26O3S. The predicted molar refractivity (Wildman–Crippen MR) is 77.8 cm³/mol. The third-order valence-electron chi connectivity index (χ3n) is 4.69. The first kappa shape index (κ1) is 14.9. The van der Waals surface area contributed by atoms with Crippen LogP contribution in [0.2, 0.25) is 0 Å².